The van der Waals surface area contributed by atoms with Gasteiger partial charge < -0.3 is 39.7 Å². The Morgan fingerprint density at radius 1 is 0.505 bits per heavy atom. The van der Waals surface area contributed by atoms with E-state index in [1.54, 1.807) is 65.1 Å². The summed E-state index contributed by atoms with van der Waals surface area (Å²) in [5.41, 5.74) is -0.943. The molecule has 0 aliphatic rings. The van der Waals surface area contributed by atoms with Gasteiger partial charge in [0.05, 0.1) is 24.9 Å². The number of alkyl halides is 1. The van der Waals surface area contributed by atoms with E-state index in [4.69, 9.17) is 32.8 Å². The summed E-state index contributed by atoms with van der Waals surface area (Å²) in [5.74, 6) is 2.55. The molecule has 0 heterocycles. The number of carbonyl (C=O) groups is 10. The molecule has 0 fully saturated rings. The van der Waals surface area contributed by atoms with Crippen LogP contribution in [0.15, 0.2) is 98.7 Å². The van der Waals surface area contributed by atoms with Gasteiger partial charge >= 0.3 is 11.9 Å². The summed E-state index contributed by atoms with van der Waals surface area (Å²) in [6, 6.07) is 1.80. The zero-order valence-electron chi connectivity index (χ0n) is 78.7. The average molecular weight is 1590 g/mol. The molecule has 0 bridgehead atoms. The highest BCUT2D eigenvalue weighted by molar-refractivity contribution is 6.27. The van der Waals surface area contributed by atoms with Crippen molar-refractivity contribution in [2.24, 2.45) is 50.2 Å². The van der Waals surface area contributed by atoms with Gasteiger partial charge in [-0.25, -0.2) is 9.59 Å². The van der Waals surface area contributed by atoms with Crippen molar-refractivity contribution in [3.63, 3.8) is 0 Å². The fourth-order valence-electron chi connectivity index (χ4n) is 4.81. The van der Waals surface area contributed by atoms with E-state index in [2.05, 4.69) is 105 Å². The molecule has 3 amide bonds. The number of ketones is 5. The number of nitriles is 1. The molecule has 0 spiro atoms. The Kier molecular flexibility index (Phi) is 72.6. The minimum absolute atomic E-state index is 0.00894. The smallest absolute Gasteiger partial charge is 0.331 e. The van der Waals surface area contributed by atoms with Crippen LogP contribution in [0.25, 0.3) is 0 Å². The maximum absolute atomic E-state index is 11.6. The molecular formula is C91H166ClN7O12. The average Bonchev–Trinajstić information content (AvgIpc) is 0.841. The number of halogens is 1. The van der Waals surface area contributed by atoms with Crippen molar-refractivity contribution in [3.8, 4) is 18.4 Å². The molecule has 0 atom stereocenters. The minimum atomic E-state index is -0.466. The predicted molar refractivity (Wildman–Crippen MR) is 473 cm³/mol. The molecular weight excluding hydrogens is 1420 g/mol. The Balaban J connectivity index is -0.000000112. The van der Waals surface area contributed by atoms with E-state index in [1.165, 1.54) is 29.2 Å². The Hall–Kier alpha value is -7.16. The molecule has 20 heteroatoms. The van der Waals surface area contributed by atoms with Crippen molar-refractivity contribution in [3.05, 3.63) is 98.7 Å². The van der Waals surface area contributed by atoms with Crippen molar-refractivity contribution in [2.45, 2.75) is 278 Å². The molecule has 19 nitrogen and oxygen atoms in total. The molecule has 0 aromatic carbocycles. The highest BCUT2D eigenvalue weighted by Crippen LogP contribution is 2.34. The standard InChI is InChI=1S/C13H25NO2.C11H20O2.C10H20N2O.C10H17NO2.C10H19NO.C7H13NO.C7H12O.C6H9NO.C6H12.C6H10.C5H9ClO/c1-12(2,3)13(4,5)16-11(15)9-8-10-14(6)7;1-7-8-9(12)13-11(5,6)10(2,3)4;1-10(2,3)11-9(13)7-6-8-12(4)5;1-6-9(13)11(5)7-8(12)10(2,3)4;1-10(2,3)9(12)7-6-8-11(4)5;1-5-6(9)8-7(2,3)4;1-5(2)7(8)6(3)4;1-5(2)6(8)3-4-7;2*1-5-6(2,3)4;1-4(2)5(7)3-6/h8-9H,10H2,1-7H3;7-8H,1-6H3;6-7H,8H2,1-5H3,(H,11,13);6H,1,7H2,2-5H3;6-7H,8H2,1-5H3;5H,1H2,2-4H3,(H,8,9);6H,1H2,2-4H3;5H,3H2,1-2H3;5H,1H2,2-4H3;1H,2-4H3;4H,3H2,1-2H3/b9-8+;8-7+;7-6+;;7-6+;;;;;;. The number of rotatable bonds is 22. The van der Waals surface area contributed by atoms with Crippen LogP contribution in [0.3, 0.4) is 0 Å². The highest BCUT2D eigenvalue weighted by atomic mass is 35.5. The number of carbonyl (C=O) groups excluding carboxylic acids is 10. The molecule has 0 rings (SSSR count). The van der Waals surface area contributed by atoms with E-state index in [-0.39, 0.29) is 128 Å². The van der Waals surface area contributed by atoms with Crippen LogP contribution in [0.4, 0.5) is 0 Å². The zero-order valence-corrected chi connectivity index (χ0v) is 79.5. The van der Waals surface area contributed by atoms with Gasteiger partial charge in [0.1, 0.15) is 22.8 Å². The highest BCUT2D eigenvalue weighted by Gasteiger charge is 2.37. The van der Waals surface area contributed by atoms with Gasteiger partial charge in [-0.2, -0.15) is 5.26 Å². The summed E-state index contributed by atoms with van der Waals surface area (Å²) >= 11 is 5.20. The molecule has 2 N–H and O–H groups in total. The number of amides is 3. The number of nitrogens with one attached hydrogen (secondary N) is 2. The van der Waals surface area contributed by atoms with E-state index in [0.717, 1.165) is 19.6 Å². The molecule has 0 aliphatic carbocycles. The van der Waals surface area contributed by atoms with Crippen LogP contribution < -0.4 is 10.6 Å². The number of allylic oxidation sites excluding steroid dienone is 4. The molecule has 0 saturated carbocycles. The Morgan fingerprint density at radius 2 is 0.829 bits per heavy atom. The fraction of sp³-hybridized carbons (Fsp3) is 0.681. The third-order valence-electron chi connectivity index (χ3n) is 14.2. The van der Waals surface area contributed by atoms with Gasteiger partial charge in [0.25, 0.3) is 0 Å². The van der Waals surface area contributed by atoms with E-state index in [1.807, 2.05) is 234 Å². The summed E-state index contributed by atoms with van der Waals surface area (Å²) in [7, 11) is 13.4. The first-order valence-electron chi connectivity index (χ1n) is 37.7. The maximum atomic E-state index is 11.6. The van der Waals surface area contributed by atoms with Gasteiger partial charge in [0.2, 0.25) is 17.7 Å². The van der Waals surface area contributed by atoms with Crippen molar-refractivity contribution in [1.29, 1.82) is 5.26 Å². The molecule has 0 saturated heterocycles. The Morgan fingerprint density at radius 3 is 1.02 bits per heavy atom. The topological polar surface area (TPSA) is 250 Å². The van der Waals surface area contributed by atoms with Crippen LogP contribution in [-0.4, -0.2) is 182 Å². The van der Waals surface area contributed by atoms with Gasteiger partial charge in [0, 0.05) is 101 Å². The lowest BCUT2D eigenvalue weighted by Crippen LogP contribution is -2.40. The van der Waals surface area contributed by atoms with Crippen molar-refractivity contribution < 1.29 is 57.4 Å². The second-order valence-electron chi connectivity index (χ2n) is 37.2. The van der Waals surface area contributed by atoms with Crippen LogP contribution in [0, 0.1) is 73.9 Å². The summed E-state index contributed by atoms with van der Waals surface area (Å²) < 4.78 is 10.8. The largest absolute Gasteiger partial charge is 0.456 e. The third kappa shape index (κ3) is 98.9. The lowest BCUT2D eigenvalue weighted by molar-refractivity contribution is -0.161. The van der Waals surface area contributed by atoms with Crippen LogP contribution >= 0.6 is 11.6 Å². The molecule has 0 aliphatic heterocycles. The molecule has 644 valence electrons. The first-order chi connectivity index (χ1) is 49.2. The van der Waals surface area contributed by atoms with Crippen LogP contribution in [0.2, 0.25) is 0 Å². The monoisotopic (exact) mass is 1580 g/mol. The number of likely N-dealkylation sites (N-methyl/N-ethyl adjacent to an activating group) is 4. The van der Waals surface area contributed by atoms with E-state index < -0.39 is 16.6 Å². The molecule has 0 unspecified atom stereocenters. The summed E-state index contributed by atoms with van der Waals surface area (Å²) in [6.45, 7) is 86.3. The minimum Gasteiger partial charge on any atom is -0.456 e. The van der Waals surface area contributed by atoms with Crippen molar-refractivity contribution >= 4 is 70.2 Å². The van der Waals surface area contributed by atoms with Gasteiger partial charge in [-0.15, -0.1) is 30.5 Å². The molecule has 0 radical (unpaired) electrons. The maximum Gasteiger partial charge on any atom is 0.331 e. The Bertz CT molecular complexity index is 2940. The summed E-state index contributed by atoms with van der Waals surface area (Å²) in [4.78, 5) is 117. The number of nitrogens with zero attached hydrogens (tertiary/aromatic N) is 5. The quantitative estimate of drug-likeness (QED) is 0.0336. The van der Waals surface area contributed by atoms with Crippen LogP contribution in [-0.2, 0) is 57.4 Å². The summed E-state index contributed by atoms with van der Waals surface area (Å²) in [5, 5.41) is 13.6. The first kappa shape index (κ1) is 127. The van der Waals surface area contributed by atoms with Gasteiger partial charge in [-0.05, 0) is 175 Å². The van der Waals surface area contributed by atoms with Gasteiger partial charge in [-0.1, -0.05) is 196 Å². The summed E-state index contributed by atoms with van der Waals surface area (Å²) in [6.07, 6.45) is 22.9. The molecule has 0 aromatic rings. The number of hydrogen-bond acceptors (Lipinski definition) is 16. The zero-order chi connectivity index (χ0) is 91.7. The number of hydrogen-bond donors (Lipinski definition) is 2. The Labute approximate surface area is 686 Å². The second kappa shape index (κ2) is 63.3. The lowest BCUT2D eigenvalue weighted by atomic mass is 9.79. The van der Waals surface area contributed by atoms with E-state index in [9.17, 15) is 47.9 Å². The number of ether oxygens (including phenoxy) is 2. The first-order valence-corrected chi connectivity index (χ1v) is 38.3. The number of Topliss-reactive ketones (excluding diaryl/α,β-unsaturated/α-hetero) is 4. The molecule has 0 aromatic heterocycles. The van der Waals surface area contributed by atoms with Gasteiger partial charge in [-0.3, -0.25) is 38.4 Å². The predicted octanol–water partition coefficient (Wildman–Crippen LogP) is 18.7. The van der Waals surface area contributed by atoms with E-state index in [0.29, 0.717) is 11.0 Å². The van der Waals surface area contributed by atoms with E-state index >= 15 is 0 Å². The third-order valence-corrected chi connectivity index (χ3v) is 14.4. The number of esters is 2. The van der Waals surface area contributed by atoms with Crippen molar-refractivity contribution in [2.75, 3.05) is 81.4 Å². The fourth-order valence-corrected chi connectivity index (χ4v) is 5.12. The van der Waals surface area contributed by atoms with Gasteiger partial charge in [0.15, 0.2) is 17.3 Å². The van der Waals surface area contributed by atoms with Crippen molar-refractivity contribution in [1.82, 2.24) is 30.2 Å². The normalized spacial score (nSPS) is 11.6. The van der Waals surface area contributed by atoms with Crippen LogP contribution in [0.5, 0.6) is 0 Å². The lowest BCUT2D eigenvalue weighted by Gasteiger charge is -2.37. The second-order valence-corrected chi connectivity index (χ2v) is 37.5. The van der Waals surface area contributed by atoms with Crippen LogP contribution in [0.1, 0.15) is 256 Å². The SMILES string of the molecule is C#CC(C)(C)C.C/C=C/C(=O)OC(C)(C)C(C)(C)C.C=C(C)C(=O)C(C)C.C=CC(=O)N(C)CC(=O)C(C)(C)C.C=CC(=O)NC(C)(C)C.C=CC(C)(C)C.CC(C)C(=O)CC#N.CC(C)C(=O)CCl.CN(C)C/C=C/C(=O)C(C)(C)C.CN(C)C/C=C/C(=O)NC(C)(C)C.CN(C)C/C=C/C(=O)OC(C)(C)C(C)(C)C. The number of terminal acetylenes is 1. The molecule has 111 heavy (non-hydrogen) atoms.